The van der Waals surface area contributed by atoms with Crippen molar-refractivity contribution >= 4 is 40.9 Å². The van der Waals surface area contributed by atoms with Crippen LogP contribution in [0.2, 0.25) is 0 Å². The molecule has 0 aliphatic carbocycles. The van der Waals surface area contributed by atoms with Crippen molar-refractivity contribution in [2.24, 2.45) is 5.73 Å². The van der Waals surface area contributed by atoms with E-state index in [0.29, 0.717) is 11.4 Å². The molecule has 0 saturated heterocycles. The van der Waals surface area contributed by atoms with Crippen LogP contribution >= 0.6 is 11.8 Å². The maximum Gasteiger partial charge on any atom is 0.258 e. The van der Waals surface area contributed by atoms with Crippen molar-refractivity contribution in [2.45, 2.75) is 10.1 Å². The summed E-state index contributed by atoms with van der Waals surface area (Å²) in [5, 5.41) is 4.86. The van der Waals surface area contributed by atoms with E-state index in [4.69, 9.17) is 5.73 Å². The number of para-hydroxylation sites is 1. The standard InChI is InChI=1S/C28H22FN3O3S/c29-23-12-6-4-10-21(23)27(34)31-19-14-16-20(17-15-19)36-25(18-8-2-1-3-9-18)28(35)32-24-13-7-5-11-22(24)26(30)33/h1-17,25H,(H2,30,33)(H,31,34)(H,32,35). The molecule has 0 heterocycles. The SMILES string of the molecule is NC(=O)c1ccccc1NC(=O)C(Sc1ccc(NC(=O)c2ccccc2F)cc1)c1ccccc1. The Morgan fingerprint density at radius 3 is 2.00 bits per heavy atom. The van der Waals surface area contributed by atoms with Crippen LogP contribution in [0.3, 0.4) is 0 Å². The molecule has 4 rings (SSSR count). The van der Waals surface area contributed by atoms with E-state index in [-0.39, 0.29) is 17.0 Å². The van der Waals surface area contributed by atoms with Crippen molar-refractivity contribution in [3.63, 3.8) is 0 Å². The van der Waals surface area contributed by atoms with Crippen LogP contribution in [0.15, 0.2) is 108 Å². The Balaban J connectivity index is 1.52. The number of halogens is 1. The monoisotopic (exact) mass is 499 g/mol. The molecule has 1 atom stereocenters. The zero-order valence-electron chi connectivity index (χ0n) is 19.0. The lowest BCUT2D eigenvalue weighted by atomic mass is 10.1. The molecule has 1 unspecified atom stereocenters. The predicted molar refractivity (Wildman–Crippen MR) is 139 cm³/mol. The average molecular weight is 500 g/mol. The molecule has 0 fully saturated rings. The zero-order valence-corrected chi connectivity index (χ0v) is 19.8. The van der Waals surface area contributed by atoms with Gasteiger partial charge in [0.05, 0.1) is 16.8 Å². The Bertz CT molecular complexity index is 1390. The molecule has 0 aliphatic rings. The molecule has 180 valence electrons. The average Bonchev–Trinajstić information content (AvgIpc) is 2.89. The highest BCUT2D eigenvalue weighted by molar-refractivity contribution is 8.00. The molecule has 0 bridgehead atoms. The van der Waals surface area contributed by atoms with E-state index in [2.05, 4.69) is 10.6 Å². The van der Waals surface area contributed by atoms with Gasteiger partial charge in [0.1, 0.15) is 11.1 Å². The van der Waals surface area contributed by atoms with Crippen LogP contribution in [-0.2, 0) is 4.79 Å². The van der Waals surface area contributed by atoms with Gasteiger partial charge in [0.25, 0.3) is 11.8 Å². The second-order valence-corrected chi connectivity index (χ2v) is 8.94. The fourth-order valence-corrected chi connectivity index (χ4v) is 4.53. The molecule has 0 radical (unpaired) electrons. The molecule has 6 nitrogen and oxygen atoms in total. The van der Waals surface area contributed by atoms with Crippen molar-refractivity contribution in [1.29, 1.82) is 0 Å². The Kier molecular flexibility index (Phi) is 7.77. The molecule has 0 aliphatic heterocycles. The molecule has 36 heavy (non-hydrogen) atoms. The van der Waals surface area contributed by atoms with Crippen molar-refractivity contribution in [1.82, 2.24) is 0 Å². The van der Waals surface area contributed by atoms with Crippen LogP contribution in [0, 0.1) is 5.82 Å². The fourth-order valence-electron chi connectivity index (χ4n) is 3.50. The summed E-state index contributed by atoms with van der Waals surface area (Å²) in [5.74, 6) is -2.11. The highest BCUT2D eigenvalue weighted by Crippen LogP contribution is 2.37. The highest BCUT2D eigenvalue weighted by Gasteiger charge is 2.23. The highest BCUT2D eigenvalue weighted by atomic mass is 32.2. The van der Waals surface area contributed by atoms with Crippen molar-refractivity contribution in [3.8, 4) is 0 Å². The van der Waals surface area contributed by atoms with Gasteiger partial charge in [0.2, 0.25) is 5.91 Å². The van der Waals surface area contributed by atoms with Gasteiger partial charge in [0.15, 0.2) is 0 Å². The Labute approximate surface area is 211 Å². The molecule has 0 spiro atoms. The normalized spacial score (nSPS) is 11.4. The maximum absolute atomic E-state index is 13.9. The first-order chi connectivity index (χ1) is 17.4. The van der Waals surface area contributed by atoms with Gasteiger partial charge in [0, 0.05) is 10.6 Å². The first-order valence-corrected chi connectivity index (χ1v) is 11.9. The Morgan fingerprint density at radius 1 is 0.722 bits per heavy atom. The van der Waals surface area contributed by atoms with Crippen LogP contribution in [0.25, 0.3) is 0 Å². The summed E-state index contributed by atoms with van der Waals surface area (Å²) in [6, 6.07) is 28.4. The van der Waals surface area contributed by atoms with Crippen LogP contribution in [0.4, 0.5) is 15.8 Å². The molecule has 0 saturated carbocycles. The van der Waals surface area contributed by atoms with Crippen molar-refractivity contribution < 1.29 is 18.8 Å². The molecule has 0 aromatic heterocycles. The quantitative estimate of drug-likeness (QED) is 0.273. The largest absolute Gasteiger partial charge is 0.366 e. The van der Waals surface area contributed by atoms with Gasteiger partial charge in [-0.2, -0.15) is 0 Å². The lowest BCUT2D eigenvalue weighted by Crippen LogP contribution is -2.22. The van der Waals surface area contributed by atoms with E-state index in [1.807, 2.05) is 30.3 Å². The van der Waals surface area contributed by atoms with E-state index >= 15 is 0 Å². The summed E-state index contributed by atoms with van der Waals surface area (Å²) in [4.78, 5) is 38.2. The number of anilines is 2. The number of benzene rings is 4. The van der Waals surface area contributed by atoms with Gasteiger partial charge in [-0.05, 0) is 54.1 Å². The van der Waals surface area contributed by atoms with Gasteiger partial charge in [-0.3, -0.25) is 14.4 Å². The van der Waals surface area contributed by atoms with Gasteiger partial charge in [-0.25, -0.2) is 4.39 Å². The minimum absolute atomic E-state index is 0.0481. The van der Waals surface area contributed by atoms with E-state index in [0.717, 1.165) is 10.5 Å². The van der Waals surface area contributed by atoms with Gasteiger partial charge in [-0.15, -0.1) is 11.8 Å². The Hall–Kier alpha value is -4.43. The molecular weight excluding hydrogens is 477 g/mol. The topological polar surface area (TPSA) is 101 Å². The molecule has 4 aromatic carbocycles. The number of hydrogen-bond donors (Lipinski definition) is 3. The number of thioether (sulfide) groups is 1. The smallest absolute Gasteiger partial charge is 0.258 e. The van der Waals surface area contributed by atoms with E-state index in [1.165, 1.54) is 30.0 Å². The molecule has 4 N–H and O–H groups in total. The number of primary amides is 1. The predicted octanol–water partition coefficient (Wildman–Crippen LogP) is 5.65. The minimum Gasteiger partial charge on any atom is -0.366 e. The molecular formula is C28H22FN3O3S. The third-order valence-electron chi connectivity index (χ3n) is 5.28. The maximum atomic E-state index is 13.9. The van der Waals surface area contributed by atoms with Crippen molar-refractivity contribution in [3.05, 3.63) is 126 Å². The zero-order chi connectivity index (χ0) is 25.5. The number of nitrogens with two attached hydrogens (primary N) is 1. The third kappa shape index (κ3) is 5.97. The summed E-state index contributed by atoms with van der Waals surface area (Å²) < 4.78 is 13.9. The first kappa shape index (κ1) is 24.7. The summed E-state index contributed by atoms with van der Waals surface area (Å²) in [5.41, 5.74) is 7.22. The lowest BCUT2D eigenvalue weighted by Gasteiger charge is -2.18. The fraction of sp³-hybridized carbons (Fsp3) is 0.0357. The third-order valence-corrected chi connectivity index (χ3v) is 6.54. The summed E-state index contributed by atoms with van der Waals surface area (Å²) in [6.45, 7) is 0. The summed E-state index contributed by atoms with van der Waals surface area (Å²) in [7, 11) is 0. The summed E-state index contributed by atoms with van der Waals surface area (Å²) in [6.07, 6.45) is 0. The van der Waals surface area contributed by atoms with E-state index < -0.39 is 22.9 Å². The van der Waals surface area contributed by atoms with Crippen LogP contribution in [0.1, 0.15) is 31.5 Å². The molecule has 4 aromatic rings. The molecule has 8 heteroatoms. The number of hydrogen-bond acceptors (Lipinski definition) is 4. The number of carbonyl (C=O) groups excluding carboxylic acids is 3. The van der Waals surface area contributed by atoms with Gasteiger partial charge >= 0.3 is 0 Å². The lowest BCUT2D eigenvalue weighted by molar-refractivity contribution is -0.115. The van der Waals surface area contributed by atoms with Crippen LogP contribution in [-0.4, -0.2) is 17.7 Å². The number of rotatable bonds is 8. The van der Waals surface area contributed by atoms with Crippen LogP contribution in [0.5, 0.6) is 0 Å². The second kappa shape index (κ2) is 11.3. The van der Waals surface area contributed by atoms with Crippen molar-refractivity contribution in [2.75, 3.05) is 10.6 Å². The first-order valence-electron chi connectivity index (χ1n) is 11.0. The number of amides is 3. The van der Waals surface area contributed by atoms with E-state index in [9.17, 15) is 18.8 Å². The van der Waals surface area contributed by atoms with Crippen LogP contribution < -0.4 is 16.4 Å². The second-order valence-electron chi connectivity index (χ2n) is 7.77. The minimum atomic E-state index is -0.636. The number of carbonyl (C=O) groups is 3. The van der Waals surface area contributed by atoms with Gasteiger partial charge < -0.3 is 16.4 Å². The number of nitrogens with one attached hydrogen (secondary N) is 2. The Morgan fingerprint density at radius 2 is 1.33 bits per heavy atom. The molecule has 3 amide bonds. The van der Waals surface area contributed by atoms with E-state index in [1.54, 1.807) is 54.6 Å². The van der Waals surface area contributed by atoms with Gasteiger partial charge in [-0.1, -0.05) is 54.6 Å². The summed E-state index contributed by atoms with van der Waals surface area (Å²) >= 11 is 1.31.